The Kier molecular flexibility index (Phi) is 7.69. The number of furan rings is 1. The van der Waals surface area contributed by atoms with Crippen molar-refractivity contribution in [3.05, 3.63) is 83.6 Å². The fourth-order valence-corrected chi connectivity index (χ4v) is 4.66. The van der Waals surface area contributed by atoms with Crippen LogP contribution in [0.25, 0.3) is 22.1 Å². The van der Waals surface area contributed by atoms with Gasteiger partial charge in [0.1, 0.15) is 17.8 Å². The molecule has 1 aromatic heterocycles. The van der Waals surface area contributed by atoms with Crippen molar-refractivity contribution in [1.82, 2.24) is 5.32 Å². The zero-order valence-electron chi connectivity index (χ0n) is 23.1. The van der Waals surface area contributed by atoms with Crippen LogP contribution >= 0.6 is 0 Å². The molecule has 4 aromatic rings. The molecule has 8 nitrogen and oxygen atoms in total. The lowest BCUT2D eigenvalue weighted by Crippen LogP contribution is -2.32. The summed E-state index contributed by atoms with van der Waals surface area (Å²) in [6.07, 6.45) is 0.899. The van der Waals surface area contributed by atoms with E-state index in [1.54, 1.807) is 13.2 Å². The Hall–Kier alpha value is -4.46. The maximum atomic E-state index is 12.2. The van der Waals surface area contributed by atoms with Crippen molar-refractivity contribution >= 4 is 23.0 Å². The van der Waals surface area contributed by atoms with Gasteiger partial charge in [-0.3, -0.25) is 4.79 Å². The first-order valence-electron chi connectivity index (χ1n) is 13.3. The Morgan fingerprint density at radius 2 is 1.88 bits per heavy atom. The number of carbonyl (C=O) groups excluding carboxylic acids is 2. The van der Waals surface area contributed by atoms with E-state index >= 15 is 0 Å². The molecule has 5 rings (SSSR count). The van der Waals surface area contributed by atoms with Gasteiger partial charge in [-0.1, -0.05) is 30.3 Å². The molecule has 1 atom stereocenters. The Labute approximate surface area is 233 Å². The number of alkyl carbamates (subject to hydrolysis) is 1. The summed E-state index contributed by atoms with van der Waals surface area (Å²) in [4.78, 5) is 24.3. The van der Waals surface area contributed by atoms with Gasteiger partial charge in [-0.15, -0.1) is 0 Å². The first-order chi connectivity index (χ1) is 19.2. The van der Waals surface area contributed by atoms with E-state index in [4.69, 9.17) is 23.4 Å². The highest BCUT2D eigenvalue weighted by atomic mass is 16.6. The lowest BCUT2D eigenvalue weighted by Gasteiger charge is -2.28. The molecule has 0 saturated carbocycles. The van der Waals surface area contributed by atoms with Crippen molar-refractivity contribution < 1.29 is 33.0 Å². The fourth-order valence-electron chi connectivity index (χ4n) is 4.66. The highest BCUT2D eigenvalue weighted by molar-refractivity contribution is 5.93. The van der Waals surface area contributed by atoms with Gasteiger partial charge in [0.05, 0.1) is 19.3 Å². The lowest BCUT2D eigenvalue weighted by molar-refractivity contribution is -0.142. The summed E-state index contributed by atoms with van der Waals surface area (Å²) in [5, 5.41) is 3.74. The van der Waals surface area contributed by atoms with Crippen molar-refractivity contribution in [3.63, 3.8) is 0 Å². The van der Waals surface area contributed by atoms with Crippen molar-refractivity contribution in [1.29, 1.82) is 0 Å². The molecule has 1 unspecified atom stereocenters. The van der Waals surface area contributed by atoms with E-state index < -0.39 is 17.8 Å². The summed E-state index contributed by atoms with van der Waals surface area (Å²) in [7, 11) is 0. The van der Waals surface area contributed by atoms with E-state index in [2.05, 4.69) is 5.32 Å². The Bertz CT molecular complexity index is 1530. The molecule has 0 fully saturated rings. The van der Waals surface area contributed by atoms with Crippen LogP contribution in [0.15, 0.2) is 71.3 Å². The third kappa shape index (κ3) is 6.22. The van der Waals surface area contributed by atoms with Crippen LogP contribution < -0.4 is 14.8 Å². The third-order valence-corrected chi connectivity index (χ3v) is 6.37. The molecule has 2 heterocycles. The highest BCUT2D eigenvalue weighted by Crippen LogP contribution is 2.41. The maximum absolute atomic E-state index is 12.2. The number of esters is 1. The third-order valence-electron chi connectivity index (χ3n) is 6.37. The number of nitrogens with one attached hydrogen (secondary N) is 1. The second kappa shape index (κ2) is 11.3. The summed E-state index contributed by atoms with van der Waals surface area (Å²) in [5.41, 5.74) is 4.57. The smallest absolute Gasteiger partial charge is 0.407 e. The van der Waals surface area contributed by atoms with Crippen molar-refractivity contribution in [2.45, 2.75) is 52.4 Å². The topological polar surface area (TPSA) is 96.2 Å². The van der Waals surface area contributed by atoms with E-state index in [9.17, 15) is 9.59 Å². The van der Waals surface area contributed by atoms with Crippen LogP contribution in [0, 0.1) is 0 Å². The molecule has 1 N–H and O–H groups in total. The maximum Gasteiger partial charge on any atom is 0.407 e. The Morgan fingerprint density at radius 3 is 2.67 bits per heavy atom. The molecule has 0 spiro atoms. The average molecular weight is 544 g/mol. The van der Waals surface area contributed by atoms with Crippen molar-refractivity contribution in [3.8, 4) is 22.6 Å². The minimum Gasteiger partial charge on any atom is -0.485 e. The SMILES string of the molecule is CCOC(=O)Cc1cccc2c1OC(c1cc(-c3cccc(CNC(=O)OC(C)(C)C)c3)c3occc3c1)CO2. The summed E-state index contributed by atoms with van der Waals surface area (Å²) >= 11 is 0. The van der Waals surface area contributed by atoms with E-state index in [-0.39, 0.29) is 12.4 Å². The van der Waals surface area contributed by atoms with Crippen LogP contribution in [0.3, 0.4) is 0 Å². The molecular formula is C32H33NO7. The molecular weight excluding hydrogens is 510 g/mol. The quantitative estimate of drug-likeness (QED) is 0.258. The predicted molar refractivity (Wildman–Crippen MR) is 150 cm³/mol. The van der Waals surface area contributed by atoms with Gasteiger partial charge >= 0.3 is 12.1 Å². The first-order valence-corrected chi connectivity index (χ1v) is 13.3. The number of benzene rings is 3. The Balaban J connectivity index is 1.42. The molecule has 0 bridgehead atoms. The first kappa shape index (κ1) is 27.1. The number of hydrogen-bond acceptors (Lipinski definition) is 7. The zero-order chi connectivity index (χ0) is 28.3. The monoisotopic (exact) mass is 543 g/mol. The van der Waals surface area contributed by atoms with Gasteiger partial charge in [-0.05, 0) is 74.7 Å². The van der Waals surface area contributed by atoms with E-state index in [0.29, 0.717) is 31.3 Å². The molecule has 0 saturated heterocycles. The van der Waals surface area contributed by atoms with Crippen LogP contribution in [0.1, 0.15) is 50.5 Å². The van der Waals surface area contributed by atoms with Crippen LogP contribution in [-0.4, -0.2) is 30.9 Å². The molecule has 1 aliphatic heterocycles. The summed E-state index contributed by atoms with van der Waals surface area (Å²) in [5.74, 6) is 0.841. The van der Waals surface area contributed by atoms with Gasteiger partial charge in [0.2, 0.25) is 0 Å². The van der Waals surface area contributed by atoms with Crippen molar-refractivity contribution in [2.24, 2.45) is 0 Å². The summed E-state index contributed by atoms with van der Waals surface area (Å²) in [6, 6.07) is 19.4. The molecule has 0 aliphatic carbocycles. The van der Waals surface area contributed by atoms with Crippen molar-refractivity contribution in [2.75, 3.05) is 13.2 Å². The van der Waals surface area contributed by atoms with Crippen LogP contribution in [0.5, 0.6) is 11.5 Å². The average Bonchev–Trinajstić information content (AvgIpc) is 3.40. The van der Waals surface area contributed by atoms with Gasteiger partial charge in [0.15, 0.2) is 17.6 Å². The van der Waals surface area contributed by atoms with Gasteiger partial charge in [0, 0.05) is 23.1 Å². The van der Waals surface area contributed by atoms with E-state index in [1.807, 2.05) is 81.4 Å². The number of ether oxygens (including phenoxy) is 4. The van der Waals surface area contributed by atoms with Crippen LogP contribution in [0.4, 0.5) is 4.79 Å². The van der Waals surface area contributed by atoms with E-state index in [0.717, 1.165) is 38.8 Å². The second-order valence-corrected chi connectivity index (χ2v) is 10.6. The van der Waals surface area contributed by atoms with Gasteiger partial charge in [-0.2, -0.15) is 0 Å². The standard InChI is InChI=1S/C32H33NO7/c1-5-36-28(34)17-22-10-7-11-26-30(22)39-27(19-38-26)24-15-23-12-13-37-29(23)25(16-24)21-9-6-8-20(14-21)18-33-31(35)40-32(2,3)4/h6-16,27H,5,17-19H2,1-4H3,(H,33,35). The number of fused-ring (bicyclic) bond motifs is 2. The number of amides is 1. The molecule has 0 radical (unpaired) electrons. The fraction of sp³-hybridized carbons (Fsp3) is 0.312. The molecule has 8 heteroatoms. The van der Waals surface area contributed by atoms with Crippen LogP contribution in [-0.2, 0) is 27.2 Å². The molecule has 208 valence electrons. The molecule has 1 amide bonds. The minimum absolute atomic E-state index is 0.100. The van der Waals surface area contributed by atoms with E-state index in [1.165, 1.54) is 0 Å². The van der Waals surface area contributed by atoms with Gasteiger partial charge < -0.3 is 28.7 Å². The zero-order valence-corrected chi connectivity index (χ0v) is 23.1. The molecule has 1 aliphatic rings. The Morgan fingerprint density at radius 1 is 1.05 bits per heavy atom. The summed E-state index contributed by atoms with van der Waals surface area (Å²) in [6.45, 7) is 8.23. The summed E-state index contributed by atoms with van der Waals surface area (Å²) < 4.78 is 28.9. The molecule has 3 aromatic carbocycles. The highest BCUT2D eigenvalue weighted by Gasteiger charge is 2.27. The number of rotatable bonds is 7. The minimum atomic E-state index is -0.567. The normalized spacial score (nSPS) is 14.6. The van der Waals surface area contributed by atoms with Gasteiger partial charge in [-0.25, -0.2) is 4.79 Å². The largest absolute Gasteiger partial charge is 0.485 e. The lowest BCUT2D eigenvalue weighted by atomic mass is 9.96. The number of carbonyl (C=O) groups is 2. The predicted octanol–water partition coefficient (Wildman–Crippen LogP) is 6.74. The van der Waals surface area contributed by atoms with Crippen LogP contribution in [0.2, 0.25) is 0 Å². The number of para-hydroxylation sites is 1. The second-order valence-electron chi connectivity index (χ2n) is 10.6. The molecule has 40 heavy (non-hydrogen) atoms. The number of hydrogen-bond donors (Lipinski definition) is 1. The van der Waals surface area contributed by atoms with Gasteiger partial charge in [0.25, 0.3) is 0 Å².